The largest absolute Gasteiger partial charge is 0.376 e. The summed E-state index contributed by atoms with van der Waals surface area (Å²) >= 11 is 0. The maximum absolute atomic E-state index is 12.9. The van der Waals surface area contributed by atoms with Gasteiger partial charge >= 0.3 is 6.03 Å². The van der Waals surface area contributed by atoms with Crippen LogP contribution < -0.4 is 10.6 Å². The smallest absolute Gasteiger partial charge is 0.325 e. The van der Waals surface area contributed by atoms with E-state index in [0.29, 0.717) is 19.4 Å². The fourth-order valence-electron chi connectivity index (χ4n) is 4.89. The molecule has 2 saturated heterocycles. The van der Waals surface area contributed by atoms with Crippen LogP contribution in [0.25, 0.3) is 0 Å². The fourth-order valence-corrected chi connectivity index (χ4v) is 4.89. The average molecular weight is 429 g/mol. The first kappa shape index (κ1) is 21.8. The number of ether oxygens (including phenoxy) is 1. The molecule has 1 aromatic carbocycles. The molecule has 8 heteroatoms. The summed E-state index contributed by atoms with van der Waals surface area (Å²) in [5.41, 5.74) is 1.38. The number of hydrogen-bond acceptors (Lipinski definition) is 5. The number of carbonyl (C=O) groups is 3. The van der Waals surface area contributed by atoms with Gasteiger partial charge in [-0.3, -0.25) is 14.5 Å². The summed E-state index contributed by atoms with van der Waals surface area (Å²) in [5.74, 6) is -0.592. The number of rotatable bonds is 6. The van der Waals surface area contributed by atoms with Gasteiger partial charge in [-0.25, -0.2) is 9.69 Å². The number of nitrogens with one attached hydrogen (secondary N) is 2. The van der Waals surface area contributed by atoms with E-state index in [1.54, 1.807) is 6.92 Å². The highest BCUT2D eigenvalue weighted by Gasteiger charge is 2.54. The van der Waals surface area contributed by atoms with Gasteiger partial charge in [-0.05, 0) is 37.8 Å². The molecule has 2 atom stereocenters. The number of hydrogen-bond donors (Lipinski definition) is 2. The quantitative estimate of drug-likeness (QED) is 0.674. The predicted octanol–water partition coefficient (Wildman–Crippen LogP) is 1.78. The van der Waals surface area contributed by atoms with Crippen LogP contribution >= 0.6 is 0 Å². The van der Waals surface area contributed by atoms with Crippen LogP contribution in [-0.2, 0) is 27.4 Å². The molecule has 1 saturated carbocycles. The van der Waals surface area contributed by atoms with Crippen LogP contribution in [0.2, 0.25) is 0 Å². The third-order valence-corrected chi connectivity index (χ3v) is 6.61. The fraction of sp³-hybridized carbons (Fsp3) is 0.609. The van der Waals surface area contributed by atoms with Crippen molar-refractivity contribution in [3.8, 4) is 0 Å². The van der Waals surface area contributed by atoms with Crippen LogP contribution in [0.1, 0.15) is 50.7 Å². The first-order chi connectivity index (χ1) is 14.9. The first-order valence-corrected chi connectivity index (χ1v) is 11.2. The van der Waals surface area contributed by atoms with Gasteiger partial charge in [0.05, 0.1) is 12.7 Å². The van der Waals surface area contributed by atoms with E-state index in [4.69, 9.17) is 4.74 Å². The van der Waals surface area contributed by atoms with Crippen molar-refractivity contribution in [2.45, 2.75) is 70.3 Å². The molecule has 4 rings (SSSR count). The third kappa shape index (κ3) is 4.60. The van der Waals surface area contributed by atoms with Gasteiger partial charge in [0.15, 0.2) is 0 Å². The van der Waals surface area contributed by atoms with Gasteiger partial charge in [0.2, 0.25) is 5.91 Å². The third-order valence-electron chi connectivity index (χ3n) is 6.61. The molecular weight excluding hydrogens is 396 g/mol. The summed E-state index contributed by atoms with van der Waals surface area (Å²) in [6.07, 6.45) is 3.38. The first-order valence-electron chi connectivity index (χ1n) is 11.2. The van der Waals surface area contributed by atoms with E-state index in [9.17, 15) is 14.4 Å². The highest BCUT2D eigenvalue weighted by atomic mass is 16.5. The number of imide groups is 1. The standard InChI is InChI=1S/C23H32N4O4/c1-16-14-26(10-11-31-16)15-19-7-5-6-18(12-19)13-24-20(28)17(2)27-21(29)23(25-22(27)30)8-3-4-9-23/h5-7,12,16-17H,3-4,8-11,13-15H2,1-2H3,(H,24,28)(H,25,30). The average Bonchev–Trinajstić information content (AvgIpc) is 3.30. The van der Waals surface area contributed by atoms with Gasteiger partial charge in [0, 0.05) is 26.2 Å². The molecule has 2 aliphatic heterocycles. The van der Waals surface area contributed by atoms with Crippen molar-refractivity contribution in [3.05, 3.63) is 35.4 Å². The summed E-state index contributed by atoms with van der Waals surface area (Å²) in [6, 6.07) is 6.83. The van der Waals surface area contributed by atoms with E-state index in [1.807, 2.05) is 12.1 Å². The molecule has 3 fully saturated rings. The highest BCUT2D eigenvalue weighted by molar-refractivity contribution is 6.09. The number of morpholine rings is 1. The maximum Gasteiger partial charge on any atom is 0.325 e. The Hall–Kier alpha value is -2.45. The van der Waals surface area contributed by atoms with Crippen LogP contribution in [0.15, 0.2) is 24.3 Å². The van der Waals surface area contributed by atoms with Gasteiger partial charge < -0.3 is 15.4 Å². The lowest BCUT2D eigenvalue weighted by Crippen LogP contribution is -2.49. The van der Waals surface area contributed by atoms with Gasteiger partial charge in [0.1, 0.15) is 11.6 Å². The molecule has 3 aliphatic rings. The molecule has 0 bridgehead atoms. The molecule has 0 radical (unpaired) electrons. The number of carbonyl (C=O) groups excluding carboxylic acids is 3. The van der Waals surface area contributed by atoms with E-state index in [1.165, 1.54) is 5.56 Å². The van der Waals surface area contributed by atoms with Crippen LogP contribution in [0.3, 0.4) is 0 Å². The van der Waals surface area contributed by atoms with Crippen molar-refractivity contribution in [1.82, 2.24) is 20.4 Å². The zero-order chi connectivity index (χ0) is 22.0. The monoisotopic (exact) mass is 428 g/mol. The Bertz CT molecular complexity index is 852. The molecule has 4 amide bonds. The van der Waals surface area contributed by atoms with E-state index < -0.39 is 17.6 Å². The molecule has 31 heavy (non-hydrogen) atoms. The molecular formula is C23H32N4O4. The van der Waals surface area contributed by atoms with Gasteiger partial charge in [-0.1, -0.05) is 37.1 Å². The molecule has 1 aliphatic carbocycles. The van der Waals surface area contributed by atoms with Crippen LogP contribution in [0, 0.1) is 0 Å². The molecule has 1 aromatic rings. The Balaban J connectivity index is 1.33. The maximum atomic E-state index is 12.9. The number of benzene rings is 1. The number of nitrogens with zero attached hydrogens (tertiary/aromatic N) is 2. The van der Waals surface area contributed by atoms with Crippen molar-refractivity contribution < 1.29 is 19.1 Å². The second kappa shape index (κ2) is 8.96. The van der Waals surface area contributed by atoms with E-state index in [-0.39, 0.29) is 17.9 Å². The van der Waals surface area contributed by atoms with Gasteiger partial charge in [-0.2, -0.15) is 0 Å². The van der Waals surface area contributed by atoms with E-state index in [2.05, 4.69) is 34.6 Å². The van der Waals surface area contributed by atoms with E-state index >= 15 is 0 Å². The molecule has 168 valence electrons. The molecule has 2 unspecified atom stereocenters. The Kier molecular flexibility index (Phi) is 6.29. The second-order valence-electron chi connectivity index (χ2n) is 9.02. The number of urea groups is 1. The van der Waals surface area contributed by atoms with E-state index in [0.717, 1.165) is 49.5 Å². The summed E-state index contributed by atoms with van der Waals surface area (Å²) in [4.78, 5) is 41.5. The minimum Gasteiger partial charge on any atom is -0.376 e. The normalized spacial score (nSPS) is 24.5. The van der Waals surface area contributed by atoms with Crippen molar-refractivity contribution >= 4 is 17.8 Å². The molecule has 1 spiro atoms. The van der Waals surface area contributed by atoms with Crippen LogP contribution in [0.5, 0.6) is 0 Å². The van der Waals surface area contributed by atoms with Crippen molar-refractivity contribution in [2.75, 3.05) is 19.7 Å². The Labute approximate surface area is 183 Å². The highest BCUT2D eigenvalue weighted by Crippen LogP contribution is 2.35. The summed E-state index contributed by atoms with van der Waals surface area (Å²) in [7, 11) is 0. The molecule has 2 heterocycles. The minimum absolute atomic E-state index is 0.242. The Morgan fingerprint density at radius 2 is 2.03 bits per heavy atom. The summed E-state index contributed by atoms with van der Waals surface area (Å²) in [5, 5.41) is 5.72. The van der Waals surface area contributed by atoms with Gasteiger partial charge in [-0.15, -0.1) is 0 Å². The van der Waals surface area contributed by atoms with Gasteiger partial charge in [0.25, 0.3) is 5.91 Å². The Morgan fingerprint density at radius 3 is 2.77 bits per heavy atom. The SMILES string of the molecule is CC1CN(Cc2cccc(CNC(=O)C(C)N3C(=O)NC4(CCCC4)C3=O)c2)CCO1. The topological polar surface area (TPSA) is 91.0 Å². The lowest BCUT2D eigenvalue weighted by Gasteiger charge is -2.31. The van der Waals surface area contributed by atoms with Crippen molar-refractivity contribution in [3.63, 3.8) is 0 Å². The second-order valence-corrected chi connectivity index (χ2v) is 9.02. The van der Waals surface area contributed by atoms with Crippen molar-refractivity contribution in [1.29, 1.82) is 0 Å². The van der Waals surface area contributed by atoms with Crippen molar-refractivity contribution in [2.24, 2.45) is 0 Å². The summed E-state index contributed by atoms with van der Waals surface area (Å²) < 4.78 is 5.60. The predicted molar refractivity (Wildman–Crippen MR) is 115 cm³/mol. The zero-order valence-electron chi connectivity index (χ0n) is 18.4. The molecule has 8 nitrogen and oxygen atoms in total. The zero-order valence-corrected chi connectivity index (χ0v) is 18.4. The molecule has 2 N–H and O–H groups in total. The summed E-state index contributed by atoms with van der Waals surface area (Å²) in [6.45, 7) is 7.46. The lowest BCUT2D eigenvalue weighted by molar-refractivity contribution is -0.137. The molecule has 0 aromatic heterocycles. The lowest BCUT2D eigenvalue weighted by atomic mass is 9.97. The van der Waals surface area contributed by atoms with Crippen LogP contribution in [-0.4, -0.2) is 65.0 Å². The minimum atomic E-state index is -0.842. The van der Waals surface area contributed by atoms with Crippen LogP contribution in [0.4, 0.5) is 4.79 Å². The Morgan fingerprint density at radius 1 is 1.29 bits per heavy atom. The number of amides is 4.